The van der Waals surface area contributed by atoms with Gasteiger partial charge in [-0.2, -0.15) is 0 Å². The normalized spacial score (nSPS) is 14.5. The number of allylic oxidation sites excluding steroid dienone is 14. The Balaban J connectivity index is 4.34. The number of hydrogen-bond donors (Lipinski definition) is 1. The molecule has 58 heavy (non-hydrogen) atoms. The van der Waals surface area contributed by atoms with Crippen LogP contribution in [0.2, 0.25) is 0 Å². The van der Waals surface area contributed by atoms with E-state index in [0.29, 0.717) is 24.1 Å². The number of esters is 1. The van der Waals surface area contributed by atoms with Gasteiger partial charge in [0.05, 0.1) is 34.4 Å². The standard InChI is InChI=1S/C49H86NO7P/c1-6-8-10-12-14-16-18-20-22-24-26-28-30-32-34-36-38-40-42-49(51)57-48(47-56-58(52,53)55-45-43-50(3,4)5)46-54-44-41-39-37-35-33-31-29-27-25-23-21-19-17-15-13-11-9-7-2/h9,11,15-18,21-24,27,29,33,35,48H,6-8,10,12-14,19-20,25-26,28,30-32,34,36-47H2,1-5H3/p+1/b11-9-,17-15-,18-16-,23-21-,24-22-,29-27-,35-33-. The molecule has 0 aliphatic rings. The number of rotatable bonds is 41. The quantitative estimate of drug-likeness (QED) is 0.0216. The van der Waals surface area contributed by atoms with Gasteiger partial charge in [0.1, 0.15) is 19.3 Å². The third kappa shape index (κ3) is 44.8. The predicted molar refractivity (Wildman–Crippen MR) is 247 cm³/mol. The predicted octanol–water partition coefficient (Wildman–Crippen LogP) is 13.7. The SMILES string of the molecule is CC/C=C\C/C=C\C/C=C\C/C=C\C/C=C\CCCCOCC(COP(=O)(O)OCC[N+](C)(C)C)OC(=O)CCCCCCCCC/C=C\C/C=C\CCCCCC. The Labute approximate surface area is 356 Å². The minimum atomic E-state index is -4.30. The van der Waals surface area contributed by atoms with E-state index in [-0.39, 0.29) is 25.8 Å². The highest BCUT2D eigenvalue weighted by Crippen LogP contribution is 2.43. The first kappa shape index (κ1) is 55.7. The lowest BCUT2D eigenvalue weighted by Crippen LogP contribution is -2.37. The average Bonchev–Trinajstić information content (AvgIpc) is 3.18. The largest absolute Gasteiger partial charge is 0.472 e. The number of nitrogens with zero attached hydrogens (tertiary/aromatic N) is 1. The summed E-state index contributed by atoms with van der Waals surface area (Å²) in [5, 5.41) is 0. The maximum atomic E-state index is 12.7. The molecular weight excluding hydrogens is 746 g/mol. The van der Waals surface area contributed by atoms with Gasteiger partial charge < -0.3 is 18.9 Å². The van der Waals surface area contributed by atoms with E-state index in [9.17, 15) is 14.3 Å². The monoisotopic (exact) mass is 833 g/mol. The van der Waals surface area contributed by atoms with E-state index in [1.807, 2.05) is 21.1 Å². The molecule has 0 aromatic heterocycles. The summed E-state index contributed by atoms with van der Waals surface area (Å²) in [6, 6.07) is 0. The van der Waals surface area contributed by atoms with Gasteiger partial charge in [0.15, 0.2) is 0 Å². The van der Waals surface area contributed by atoms with E-state index < -0.39 is 13.9 Å². The van der Waals surface area contributed by atoms with Crippen LogP contribution in [0.1, 0.15) is 162 Å². The van der Waals surface area contributed by atoms with Crippen LogP contribution in [0.4, 0.5) is 0 Å². The van der Waals surface area contributed by atoms with Gasteiger partial charge in [-0.3, -0.25) is 13.8 Å². The molecule has 8 nitrogen and oxygen atoms in total. The van der Waals surface area contributed by atoms with E-state index in [1.165, 1.54) is 57.8 Å². The van der Waals surface area contributed by atoms with E-state index in [2.05, 4.69) is 98.9 Å². The molecule has 334 valence electrons. The van der Waals surface area contributed by atoms with Crippen LogP contribution >= 0.6 is 7.82 Å². The molecule has 0 aliphatic carbocycles. The number of hydrogen-bond acceptors (Lipinski definition) is 6. The number of phosphoric ester groups is 1. The molecule has 0 rings (SSSR count). The lowest BCUT2D eigenvalue weighted by Gasteiger charge is -2.24. The van der Waals surface area contributed by atoms with Gasteiger partial charge in [-0.15, -0.1) is 0 Å². The summed E-state index contributed by atoms with van der Waals surface area (Å²) in [5.74, 6) is -0.340. The third-order valence-electron chi connectivity index (χ3n) is 9.19. The van der Waals surface area contributed by atoms with Crippen LogP contribution in [-0.2, 0) is 27.9 Å². The van der Waals surface area contributed by atoms with E-state index in [0.717, 1.165) is 83.5 Å². The van der Waals surface area contributed by atoms with Crippen LogP contribution in [0.5, 0.6) is 0 Å². The first-order valence-corrected chi connectivity index (χ1v) is 24.3. The van der Waals surface area contributed by atoms with Gasteiger partial charge >= 0.3 is 13.8 Å². The molecule has 0 amide bonds. The minimum Gasteiger partial charge on any atom is -0.457 e. The van der Waals surface area contributed by atoms with Gasteiger partial charge in [-0.05, 0) is 89.9 Å². The van der Waals surface area contributed by atoms with Crippen molar-refractivity contribution in [2.75, 3.05) is 54.1 Å². The second kappa shape index (κ2) is 41.4. The highest BCUT2D eigenvalue weighted by molar-refractivity contribution is 7.47. The summed E-state index contributed by atoms with van der Waals surface area (Å²) in [4.78, 5) is 22.9. The van der Waals surface area contributed by atoms with Crippen molar-refractivity contribution in [2.45, 2.75) is 168 Å². The molecule has 0 saturated heterocycles. The minimum absolute atomic E-state index is 0.0738. The van der Waals surface area contributed by atoms with Gasteiger partial charge in [-0.25, -0.2) is 4.57 Å². The molecule has 0 heterocycles. The summed E-state index contributed by atoms with van der Waals surface area (Å²) in [7, 11) is 1.62. The van der Waals surface area contributed by atoms with Gasteiger partial charge in [-0.1, -0.05) is 150 Å². The van der Waals surface area contributed by atoms with Gasteiger partial charge in [0.25, 0.3) is 0 Å². The van der Waals surface area contributed by atoms with Crippen molar-refractivity contribution in [3.63, 3.8) is 0 Å². The zero-order chi connectivity index (χ0) is 42.7. The van der Waals surface area contributed by atoms with Crippen molar-refractivity contribution in [3.05, 3.63) is 85.1 Å². The van der Waals surface area contributed by atoms with Gasteiger partial charge in [0.2, 0.25) is 0 Å². The Morgan fingerprint density at radius 2 is 1.00 bits per heavy atom. The smallest absolute Gasteiger partial charge is 0.457 e. The number of unbranched alkanes of at least 4 members (excludes halogenated alkanes) is 13. The highest BCUT2D eigenvalue weighted by Gasteiger charge is 2.26. The van der Waals surface area contributed by atoms with Crippen molar-refractivity contribution in [1.82, 2.24) is 0 Å². The lowest BCUT2D eigenvalue weighted by molar-refractivity contribution is -0.870. The number of carbonyl (C=O) groups is 1. The highest BCUT2D eigenvalue weighted by atomic mass is 31.2. The Bertz CT molecular complexity index is 1200. The molecule has 0 spiro atoms. The van der Waals surface area contributed by atoms with Crippen LogP contribution < -0.4 is 0 Å². The summed E-state index contributed by atoms with van der Waals surface area (Å²) in [6.07, 6.45) is 54.8. The third-order valence-corrected chi connectivity index (χ3v) is 10.2. The fraction of sp³-hybridized carbons (Fsp3) is 0.694. The van der Waals surface area contributed by atoms with E-state index in [1.54, 1.807) is 0 Å². The van der Waals surface area contributed by atoms with Crippen LogP contribution in [0.15, 0.2) is 85.1 Å². The van der Waals surface area contributed by atoms with Crippen molar-refractivity contribution in [3.8, 4) is 0 Å². The summed E-state index contributed by atoms with van der Waals surface area (Å²) < 4.78 is 35.0. The maximum Gasteiger partial charge on any atom is 0.472 e. The summed E-state index contributed by atoms with van der Waals surface area (Å²) in [6.45, 7) is 5.35. The van der Waals surface area contributed by atoms with E-state index >= 15 is 0 Å². The van der Waals surface area contributed by atoms with Crippen molar-refractivity contribution in [1.29, 1.82) is 0 Å². The number of likely N-dealkylation sites (N-methyl/N-ethyl adjacent to an activating group) is 1. The topological polar surface area (TPSA) is 91.3 Å². The molecule has 0 fully saturated rings. The second-order valence-corrected chi connectivity index (χ2v) is 17.5. The molecule has 1 N–H and O–H groups in total. The Morgan fingerprint density at radius 1 is 0.552 bits per heavy atom. The lowest BCUT2D eigenvalue weighted by atomic mass is 10.1. The molecule has 0 saturated carbocycles. The first-order valence-electron chi connectivity index (χ1n) is 22.8. The molecule has 0 aromatic rings. The van der Waals surface area contributed by atoms with Crippen LogP contribution in [0, 0.1) is 0 Å². The molecule has 2 unspecified atom stereocenters. The fourth-order valence-corrected chi connectivity index (χ4v) is 6.41. The molecule has 0 aromatic carbocycles. The molecule has 0 radical (unpaired) electrons. The number of phosphoric acid groups is 1. The maximum absolute atomic E-state index is 12.7. The Hall–Kier alpha value is -2.32. The molecular formula is C49H87NO7P+. The zero-order valence-corrected chi connectivity index (χ0v) is 38.6. The van der Waals surface area contributed by atoms with E-state index in [4.69, 9.17) is 18.5 Å². The average molecular weight is 833 g/mol. The molecule has 0 aliphatic heterocycles. The van der Waals surface area contributed by atoms with Crippen LogP contribution in [0.3, 0.4) is 0 Å². The van der Waals surface area contributed by atoms with Crippen LogP contribution in [0.25, 0.3) is 0 Å². The Kier molecular flexibility index (Phi) is 39.8. The first-order chi connectivity index (χ1) is 28.1. The number of carbonyl (C=O) groups excluding carboxylic acids is 1. The molecule has 9 heteroatoms. The second-order valence-electron chi connectivity index (χ2n) is 16.0. The number of quaternary nitrogens is 1. The summed E-state index contributed by atoms with van der Waals surface area (Å²) >= 11 is 0. The van der Waals surface area contributed by atoms with Crippen molar-refractivity contribution in [2.24, 2.45) is 0 Å². The summed E-state index contributed by atoms with van der Waals surface area (Å²) in [5.41, 5.74) is 0. The Morgan fingerprint density at radius 3 is 1.50 bits per heavy atom. The van der Waals surface area contributed by atoms with Crippen molar-refractivity contribution < 1.29 is 37.3 Å². The fourth-order valence-electron chi connectivity index (χ4n) is 5.67. The molecule has 0 bridgehead atoms. The van der Waals surface area contributed by atoms with Crippen molar-refractivity contribution >= 4 is 13.8 Å². The van der Waals surface area contributed by atoms with Gasteiger partial charge in [0, 0.05) is 13.0 Å². The zero-order valence-electron chi connectivity index (χ0n) is 37.8. The van der Waals surface area contributed by atoms with Crippen LogP contribution in [-0.4, -0.2) is 75.6 Å². The molecule has 2 atom stereocenters. The number of ether oxygens (including phenoxy) is 2.